The summed E-state index contributed by atoms with van der Waals surface area (Å²) < 4.78 is 10.2. The number of methoxy groups -OCH3 is 1. The van der Waals surface area contributed by atoms with Crippen molar-refractivity contribution in [2.45, 2.75) is 6.61 Å². The number of carbonyl (C=O) groups is 1. The molecule has 0 saturated carbocycles. The van der Waals surface area contributed by atoms with Gasteiger partial charge in [-0.3, -0.25) is 0 Å². The predicted molar refractivity (Wildman–Crippen MR) is 60.2 cm³/mol. The van der Waals surface area contributed by atoms with Gasteiger partial charge in [-0.25, -0.2) is 4.79 Å². The third-order valence-corrected chi connectivity index (χ3v) is 2.07. The highest BCUT2D eigenvalue weighted by Gasteiger charge is 2.15. The van der Waals surface area contributed by atoms with Crippen molar-refractivity contribution in [1.82, 2.24) is 0 Å². The number of aliphatic hydroxyl groups excluding tert-OH is 1. The molecule has 5 heteroatoms. The third kappa shape index (κ3) is 2.89. The predicted octanol–water partition coefficient (Wildman–Crippen LogP) is 0.898. The van der Waals surface area contributed by atoms with Crippen LogP contribution in [0.25, 0.3) is 0 Å². The van der Waals surface area contributed by atoms with E-state index in [1.54, 1.807) is 0 Å². The van der Waals surface area contributed by atoms with Gasteiger partial charge >= 0.3 is 5.97 Å². The number of hydrogen-bond acceptors (Lipinski definition) is 4. The summed E-state index contributed by atoms with van der Waals surface area (Å²) in [5.74, 6) is 1.66. The number of aliphatic hydroxyl groups is 1. The van der Waals surface area contributed by atoms with Gasteiger partial charge in [0, 0.05) is 5.56 Å². The molecule has 0 amide bonds. The first-order chi connectivity index (χ1) is 8.13. The molecule has 0 radical (unpaired) electrons. The van der Waals surface area contributed by atoms with E-state index in [0.29, 0.717) is 5.56 Å². The molecule has 0 bridgehead atoms. The van der Waals surface area contributed by atoms with Crippen LogP contribution in [-0.2, 0) is 6.61 Å². The minimum Gasteiger partial charge on any atom is -0.493 e. The molecule has 0 unspecified atom stereocenters. The molecule has 17 heavy (non-hydrogen) atoms. The minimum atomic E-state index is -1.11. The molecule has 0 heterocycles. The van der Waals surface area contributed by atoms with E-state index >= 15 is 0 Å². The Labute approximate surface area is 98.6 Å². The van der Waals surface area contributed by atoms with E-state index < -0.39 is 5.97 Å². The summed E-state index contributed by atoms with van der Waals surface area (Å²) in [4.78, 5) is 10.9. The Kier molecular flexibility index (Phi) is 4.37. The van der Waals surface area contributed by atoms with Crippen LogP contribution in [-0.4, -0.2) is 29.9 Å². The van der Waals surface area contributed by atoms with Gasteiger partial charge in [0.1, 0.15) is 6.61 Å². The van der Waals surface area contributed by atoms with Crippen molar-refractivity contribution < 1.29 is 24.5 Å². The van der Waals surface area contributed by atoms with Gasteiger partial charge in [0.2, 0.25) is 0 Å². The van der Waals surface area contributed by atoms with Crippen molar-refractivity contribution >= 4 is 5.97 Å². The summed E-state index contributed by atoms with van der Waals surface area (Å²) >= 11 is 0. The smallest absolute Gasteiger partial charge is 0.335 e. The highest BCUT2D eigenvalue weighted by molar-refractivity contribution is 5.89. The van der Waals surface area contributed by atoms with E-state index in [-0.39, 0.29) is 30.3 Å². The Morgan fingerprint density at radius 2 is 2.24 bits per heavy atom. The molecule has 0 saturated heterocycles. The van der Waals surface area contributed by atoms with Gasteiger partial charge in [-0.2, -0.15) is 0 Å². The second kappa shape index (κ2) is 5.77. The average Bonchev–Trinajstić information content (AvgIpc) is 2.34. The summed E-state index contributed by atoms with van der Waals surface area (Å²) in [5, 5.41) is 18.0. The van der Waals surface area contributed by atoms with E-state index in [2.05, 4.69) is 5.92 Å². The molecule has 0 aliphatic carbocycles. The molecule has 0 aliphatic heterocycles. The fourth-order valence-corrected chi connectivity index (χ4v) is 1.33. The summed E-state index contributed by atoms with van der Waals surface area (Å²) in [7, 11) is 1.38. The van der Waals surface area contributed by atoms with Crippen molar-refractivity contribution in [2.75, 3.05) is 13.7 Å². The van der Waals surface area contributed by atoms with Crippen LogP contribution in [0, 0.1) is 12.3 Å². The van der Waals surface area contributed by atoms with Crippen LogP contribution in [0.15, 0.2) is 12.1 Å². The topological polar surface area (TPSA) is 76.0 Å². The highest BCUT2D eigenvalue weighted by Crippen LogP contribution is 2.33. The fourth-order valence-electron chi connectivity index (χ4n) is 1.33. The van der Waals surface area contributed by atoms with Gasteiger partial charge in [-0.1, -0.05) is 5.92 Å². The first-order valence-corrected chi connectivity index (χ1v) is 4.75. The molecule has 1 rings (SSSR count). The van der Waals surface area contributed by atoms with Crippen LogP contribution in [0.1, 0.15) is 15.9 Å². The van der Waals surface area contributed by atoms with Crippen LogP contribution >= 0.6 is 0 Å². The summed E-state index contributed by atoms with van der Waals surface area (Å²) in [6.45, 7) is -0.354. The second-order valence-corrected chi connectivity index (χ2v) is 3.12. The van der Waals surface area contributed by atoms with Crippen LogP contribution < -0.4 is 9.47 Å². The number of benzene rings is 1. The number of carboxylic acids is 1. The van der Waals surface area contributed by atoms with Crippen molar-refractivity contribution in [2.24, 2.45) is 0 Å². The van der Waals surface area contributed by atoms with Gasteiger partial charge in [-0.15, -0.1) is 6.42 Å². The van der Waals surface area contributed by atoms with E-state index in [0.717, 1.165) is 0 Å². The lowest BCUT2D eigenvalue weighted by molar-refractivity contribution is 0.0696. The van der Waals surface area contributed by atoms with Gasteiger partial charge < -0.3 is 19.7 Å². The number of terminal acetylenes is 1. The third-order valence-electron chi connectivity index (χ3n) is 2.07. The normalized spacial score (nSPS) is 9.47. The maximum atomic E-state index is 10.9. The van der Waals surface area contributed by atoms with Gasteiger partial charge in [0.05, 0.1) is 19.3 Å². The maximum absolute atomic E-state index is 10.9. The van der Waals surface area contributed by atoms with Crippen LogP contribution in [0.4, 0.5) is 0 Å². The first kappa shape index (κ1) is 12.9. The molecule has 2 N–H and O–H groups in total. The van der Waals surface area contributed by atoms with Crippen LogP contribution in [0.5, 0.6) is 11.5 Å². The molecule has 5 nitrogen and oxygen atoms in total. The Bertz CT molecular complexity index is 433. The molecule has 1 aromatic rings. The molecule has 0 aromatic heterocycles. The highest BCUT2D eigenvalue weighted by atomic mass is 16.5. The average molecular weight is 236 g/mol. The zero-order valence-corrected chi connectivity index (χ0v) is 9.27. The number of rotatable bonds is 5. The maximum Gasteiger partial charge on any atom is 0.335 e. The number of hydrogen-bond donors (Lipinski definition) is 2. The Morgan fingerprint density at radius 1 is 1.53 bits per heavy atom. The summed E-state index contributed by atoms with van der Waals surface area (Å²) in [6, 6.07) is 2.63. The summed E-state index contributed by atoms with van der Waals surface area (Å²) in [6.07, 6.45) is 5.07. The minimum absolute atomic E-state index is 0.00970. The van der Waals surface area contributed by atoms with Crippen molar-refractivity contribution in [3.63, 3.8) is 0 Å². The number of carboxylic acid groups (broad SMARTS) is 1. The quantitative estimate of drug-likeness (QED) is 0.743. The second-order valence-electron chi connectivity index (χ2n) is 3.12. The van der Waals surface area contributed by atoms with Crippen LogP contribution in [0.2, 0.25) is 0 Å². The zero-order valence-electron chi connectivity index (χ0n) is 9.27. The molecule has 0 atom stereocenters. The van der Waals surface area contributed by atoms with Crippen molar-refractivity contribution in [3.8, 4) is 23.8 Å². The molecule has 0 spiro atoms. The van der Waals surface area contributed by atoms with E-state index in [4.69, 9.17) is 26.1 Å². The Morgan fingerprint density at radius 3 is 2.71 bits per heavy atom. The van der Waals surface area contributed by atoms with Gasteiger partial charge in [-0.05, 0) is 12.1 Å². The lowest BCUT2D eigenvalue weighted by Crippen LogP contribution is -2.05. The Balaban J connectivity index is 3.26. The number of ether oxygens (including phenoxy) is 2. The van der Waals surface area contributed by atoms with Crippen molar-refractivity contribution in [1.29, 1.82) is 0 Å². The van der Waals surface area contributed by atoms with Crippen LogP contribution in [0.3, 0.4) is 0 Å². The lowest BCUT2D eigenvalue weighted by atomic mass is 10.1. The molecular formula is C12H12O5. The van der Waals surface area contributed by atoms with Crippen molar-refractivity contribution in [3.05, 3.63) is 23.3 Å². The van der Waals surface area contributed by atoms with E-state index in [9.17, 15) is 4.79 Å². The zero-order chi connectivity index (χ0) is 12.8. The van der Waals surface area contributed by atoms with Gasteiger partial charge in [0.25, 0.3) is 0 Å². The summed E-state index contributed by atoms with van der Waals surface area (Å²) in [5.41, 5.74) is 0.330. The Hall–Kier alpha value is -2.19. The number of aromatic carboxylic acids is 1. The van der Waals surface area contributed by atoms with E-state index in [1.807, 2.05) is 0 Å². The first-order valence-electron chi connectivity index (χ1n) is 4.75. The molecular weight excluding hydrogens is 224 g/mol. The SMILES string of the molecule is C#CCOc1c(CO)cc(C(=O)O)cc1OC. The van der Waals surface area contributed by atoms with Gasteiger partial charge in [0.15, 0.2) is 11.5 Å². The largest absolute Gasteiger partial charge is 0.493 e. The van der Waals surface area contributed by atoms with E-state index in [1.165, 1.54) is 19.2 Å². The fraction of sp³-hybridized carbons (Fsp3) is 0.250. The molecule has 90 valence electrons. The molecule has 1 aromatic carbocycles. The monoisotopic (exact) mass is 236 g/mol. The lowest BCUT2D eigenvalue weighted by Gasteiger charge is -2.13. The molecule has 0 aliphatic rings. The standard InChI is InChI=1S/C12H12O5/c1-3-4-17-11-9(7-13)5-8(12(14)15)6-10(11)16-2/h1,5-6,13H,4,7H2,2H3,(H,14,15). The molecule has 0 fully saturated rings.